The molecule has 0 radical (unpaired) electrons. The van der Waals surface area contributed by atoms with Crippen molar-refractivity contribution < 1.29 is 14.3 Å². The Kier molecular flexibility index (Phi) is 4.76. The third kappa shape index (κ3) is 3.50. The van der Waals surface area contributed by atoms with E-state index in [0.717, 1.165) is 0 Å². The smallest absolute Gasteiger partial charge is 0.325 e. The van der Waals surface area contributed by atoms with Gasteiger partial charge in [-0.2, -0.15) is 0 Å². The van der Waals surface area contributed by atoms with Crippen molar-refractivity contribution in [3.63, 3.8) is 0 Å². The van der Waals surface area contributed by atoms with E-state index in [0.29, 0.717) is 15.1 Å². The van der Waals surface area contributed by atoms with Gasteiger partial charge in [-0.15, -0.1) is 0 Å². The lowest BCUT2D eigenvalue weighted by Gasteiger charge is -2.04. The second-order valence-corrected chi connectivity index (χ2v) is 4.15. The molecule has 1 rings (SSSR count). The molecule has 0 saturated carbocycles. The third-order valence-corrected chi connectivity index (χ3v) is 3.02. The van der Waals surface area contributed by atoms with Gasteiger partial charge in [0.05, 0.1) is 12.1 Å². The fourth-order valence-electron chi connectivity index (χ4n) is 0.964. The van der Waals surface area contributed by atoms with Crippen LogP contribution in [0.2, 0.25) is 5.02 Å². The van der Waals surface area contributed by atoms with Crippen LogP contribution in [-0.4, -0.2) is 25.5 Å². The number of esters is 1. The highest BCUT2D eigenvalue weighted by atomic mass is 79.9. The summed E-state index contributed by atoms with van der Waals surface area (Å²) in [6.07, 6.45) is 0. The van der Waals surface area contributed by atoms with Crippen LogP contribution in [0, 0.1) is 0 Å². The van der Waals surface area contributed by atoms with Gasteiger partial charge in [0.25, 0.3) is 5.91 Å². The Hall–Kier alpha value is -1.07. The number of ether oxygens (including phenoxy) is 1. The van der Waals surface area contributed by atoms with E-state index in [-0.39, 0.29) is 12.5 Å². The summed E-state index contributed by atoms with van der Waals surface area (Å²) < 4.78 is 5.02. The number of amides is 1. The lowest BCUT2D eigenvalue weighted by Crippen LogP contribution is -2.30. The van der Waals surface area contributed by atoms with Gasteiger partial charge in [0.1, 0.15) is 6.54 Å². The van der Waals surface area contributed by atoms with Gasteiger partial charge in [0.15, 0.2) is 0 Å². The Morgan fingerprint density at radius 1 is 1.50 bits per heavy atom. The average molecular weight is 307 g/mol. The van der Waals surface area contributed by atoms with Crippen molar-refractivity contribution >= 4 is 39.4 Å². The summed E-state index contributed by atoms with van der Waals surface area (Å²) in [5, 5.41) is 2.94. The summed E-state index contributed by atoms with van der Waals surface area (Å²) in [6.45, 7) is -0.157. The maximum Gasteiger partial charge on any atom is 0.325 e. The van der Waals surface area contributed by atoms with E-state index in [4.69, 9.17) is 11.6 Å². The van der Waals surface area contributed by atoms with E-state index in [2.05, 4.69) is 26.0 Å². The number of halogens is 2. The van der Waals surface area contributed by atoms with Crippen molar-refractivity contribution in [2.24, 2.45) is 0 Å². The fraction of sp³-hybridized carbons (Fsp3) is 0.200. The summed E-state index contributed by atoms with van der Waals surface area (Å²) in [5.74, 6) is -0.857. The molecule has 0 aromatic heterocycles. The molecule has 0 heterocycles. The average Bonchev–Trinajstić information content (AvgIpc) is 2.29. The van der Waals surface area contributed by atoms with Crippen LogP contribution >= 0.6 is 27.5 Å². The van der Waals surface area contributed by atoms with Gasteiger partial charge < -0.3 is 10.1 Å². The molecule has 0 unspecified atom stereocenters. The Labute approximate surface area is 106 Å². The molecule has 1 aromatic rings. The van der Waals surface area contributed by atoms with Gasteiger partial charge in [-0.3, -0.25) is 9.59 Å². The van der Waals surface area contributed by atoms with Gasteiger partial charge in [-0.1, -0.05) is 11.6 Å². The lowest BCUT2D eigenvalue weighted by atomic mass is 10.2. The first kappa shape index (κ1) is 13.0. The second kappa shape index (κ2) is 5.86. The Morgan fingerprint density at radius 3 is 2.75 bits per heavy atom. The molecule has 1 aromatic carbocycles. The highest BCUT2D eigenvalue weighted by Gasteiger charge is 2.09. The number of hydrogen-bond acceptors (Lipinski definition) is 3. The molecule has 16 heavy (non-hydrogen) atoms. The van der Waals surface area contributed by atoms with Crippen LogP contribution in [0.3, 0.4) is 0 Å². The van der Waals surface area contributed by atoms with Crippen LogP contribution in [0.15, 0.2) is 22.7 Å². The number of benzene rings is 1. The van der Waals surface area contributed by atoms with Gasteiger partial charge in [0, 0.05) is 10.0 Å². The maximum absolute atomic E-state index is 11.5. The predicted octanol–water partition coefficient (Wildman–Crippen LogP) is 2.01. The van der Waals surface area contributed by atoms with Crippen molar-refractivity contribution in [3.8, 4) is 0 Å². The zero-order valence-electron chi connectivity index (χ0n) is 8.42. The quantitative estimate of drug-likeness (QED) is 0.869. The largest absolute Gasteiger partial charge is 0.468 e. The van der Waals surface area contributed by atoms with Gasteiger partial charge >= 0.3 is 5.97 Å². The topological polar surface area (TPSA) is 55.4 Å². The van der Waals surface area contributed by atoms with Crippen LogP contribution in [0.4, 0.5) is 0 Å². The fourth-order valence-corrected chi connectivity index (χ4v) is 1.46. The van der Waals surface area contributed by atoms with Crippen molar-refractivity contribution in [3.05, 3.63) is 33.3 Å². The highest BCUT2D eigenvalue weighted by molar-refractivity contribution is 9.10. The minimum Gasteiger partial charge on any atom is -0.468 e. The third-order valence-electron chi connectivity index (χ3n) is 1.80. The monoisotopic (exact) mass is 305 g/mol. The molecule has 0 bridgehead atoms. The van der Waals surface area contributed by atoms with Crippen molar-refractivity contribution in [1.82, 2.24) is 5.32 Å². The minimum absolute atomic E-state index is 0.157. The molecule has 4 nitrogen and oxygen atoms in total. The second-order valence-electron chi connectivity index (χ2n) is 2.89. The molecular formula is C10H9BrClNO3. The first-order chi connectivity index (χ1) is 7.54. The number of rotatable bonds is 3. The first-order valence-corrected chi connectivity index (χ1v) is 5.51. The molecule has 1 amide bonds. The molecule has 0 atom stereocenters. The molecule has 0 aliphatic carbocycles. The first-order valence-electron chi connectivity index (χ1n) is 4.34. The molecule has 1 N–H and O–H groups in total. The van der Waals surface area contributed by atoms with Crippen molar-refractivity contribution in [2.75, 3.05) is 13.7 Å². The van der Waals surface area contributed by atoms with E-state index in [1.54, 1.807) is 18.2 Å². The molecule has 0 aliphatic heterocycles. The summed E-state index contributed by atoms with van der Waals surface area (Å²) in [7, 11) is 1.26. The number of carbonyl (C=O) groups excluding carboxylic acids is 2. The molecule has 86 valence electrons. The van der Waals surface area contributed by atoms with E-state index in [9.17, 15) is 9.59 Å². The van der Waals surface area contributed by atoms with E-state index >= 15 is 0 Å². The molecule has 6 heteroatoms. The predicted molar refractivity (Wildman–Crippen MR) is 63.5 cm³/mol. The summed E-state index contributed by atoms with van der Waals surface area (Å²) in [4.78, 5) is 22.3. The van der Waals surface area contributed by atoms with Gasteiger partial charge in [-0.05, 0) is 34.1 Å². The summed E-state index contributed by atoms with van der Waals surface area (Å²) in [5.41, 5.74) is 0.417. The molecular weight excluding hydrogens is 297 g/mol. The Bertz CT molecular complexity index is 423. The van der Waals surface area contributed by atoms with E-state index in [1.807, 2.05) is 0 Å². The highest BCUT2D eigenvalue weighted by Crippen LogP contribution is 2.23. The Balaban J connectivity index is 2.66. The standard InChI is InChI=1S/C10H9BrClNO3/c1-16-9(14)5-13-10(15)6-2-3-8(12)7(11)4-6/h2-4H,5H2,1H3,(H,13,15). The number of methoxy groups -OCH3 is 1. The van der Waals surface area contributed by atoms with E-state index in [1.165, 1.54) is 7.11 Å². The van der Waals surface area contributed by atoms with Crippen LogP contribution in [0.5, 0.6) is 0 Å². The number of carbonyl (C=O) groups is 2. The molecule has 0 spiro atoms. The van der Waals surface area contributed by atoms with Gasteiger partial charge in [-0.25, -0.2) is 0 Å². The maximum atomic E-state index is 11.5. The molecule has 0 fully saturated rings. The van der Waals surface area contributed by atoms with Crippen molar-refractivity contribution in [1.29, 1.82) is 0 Å². The molecule has 0 aliphatic rings. The van der Waals surface area contributed by atoms with E-state index < -0.39 is 5.97 Å². The summed E-state index contributed by atoms with van der Waals surface area (Å²) >= 11 is 8.99. The molecule has 0 saturated heterocycles. The zero-order valence-corrected chi connectivity index (χ0v) is 10.8. The minimum atomic E-state index is -0.499. The van der Waals surface area contributed by atoms with Crippen LogP contribution < -0.4 is 5.32 Å². The lowest BCUT2D eigenvalue weighted by molar-refractivity contribution is -0.139. The van der Waals surface area contributed by atoms with Gasteiger partial charge in [0.2, 0.25) is 0 Å². The van der Waals surface area contributed by atoms with Crippen LogP contribution in [-0.2, 0) is 9.53 Å². The number of nitrogens with one attached hydrogen (secondary N) is 1. The SMILES string of the molecule is COC(=O)CNC(=O)c1ccc(Cl)c(Br)c1. The normalized spacial score (nSPS) is 9.69. The van der Waals surface area contributed by atoms with Crippen LogP contribution in [0.25, 0.3) is 0 Å². The number of hydrogen-bond donors (Lipinski definition) is 1. The van der Waals surface area contributed by atoms with Crippen LogP contribution in [0.1, 0.15) is 10.4 Å². The zero-order chi connectivity index (χ0) is 12.1. The Morgan fingerprint density at radius 2 is 2.19 bits per heavy atom. The summed E-state index contributed by atoms with van der Waals surface area (Å²) in [6, 6.07) is 4.74. The van der Waals surface area contributed by atoms with Crippen molar-refractivity contribution in [2.45, 2.75) is 0 Å².